The van der Waals surface area contributed by atoms with Crippen molar-refractivity contribution in [2.24, 2.45) is 16.8 Å². The van der Waals surface area contributed by atoms with Crippen LogP contribution in [0.25, 0.3) is 10.4 Å². The van der Waals surface area contributed by atoms with Crippen molar-refractivity contribution in [3.8, 4) is 6.01 Å². The topological polar surface area (TPSA) is 155 Å². The first kappa shape index (κ1) is 13.7. The van der Waals surface area contributed by atoms with Gasteiger partial charge in [0.2, 0.25) is 11.9 Å². The van der Waals surface area contributed by atoms with Crippen molar-refractivity contribution in [1.82, 2.24) is 15.0 Å². The van der Waals surface area contributed by atoms with Crippen LogP contribution in [-0.4, -0.2) is 42.2 Å². The molecule has 0 bridgehead atoms. The molecule has 98 valence electrons. The van der Waals surface area contributed by atoms with Gasteiger partial charge in [-0.05, 0) is 5.53 Å². The van der Waals surface area contributed by atoms with Crippen molar-refractivity contribution in [1.29, 1.82) is 0 Å². The predicted octanol–water partition coefficient (Wildman–Crippen LogP) is -0.819. The first-order valence-corrected chi connectivity index (χ1v) is 4.91. The Morgan fingerprint density at radius 1 is 1.22 bits per heavy atom. The summed E-state index contributed by atoms with van der Waals surface area (Å²) in [5, 5.41) is 5.72. The molecule has 0 aromatic carbocycles. The fraction of sp³-hybridized carbons (Fsp3) is 0.571. The van der Waals surface area contributed by atoms with Gasteiger partial charge < -0.3 is 4.74 Å². The van der Waals surface area contributed by atoms with E-state index in [1.165, 1.54) is 10.0 Å². The molecule has 0 spiro atoms. The highest BCUT2D eigenvalue weighted by molar-refractivity contribution is 5.36. The van der Waals surface area contributed by atoms with Gasteiger partial charge in [0.05, 0.1) is 13.2 Å². The number of hydrazine groups is 2. The number of hydrogen-bond acceptors (Lipinski definition) is 9. The van der Waals surface area contributed by atoms with Crippen LogP contribution in [0.2, 0.25) is 0 Å². The Labute approximate surface area is 103 Å². The zero-order valence-corrected chi connectivity index (χ0v) is 10.1. The summed E-state index contributed by atoms with van der Waals surface area (Å²) in [4.78, 5) is 14.5. The highest BCUT2D eigenvalue weighted by Crippen LogP contribution is 2.13. The number of aromatic nitrogens is 3. The summed E-state index contributed by atoms with van der Waals surface area (Å²) in [6, 6.07) is 0.0535. The minimum atomic E-state index is 0.0535. The van der Waals surface area contributed by atoms with Crippen LogP contribution in [0.5, 0.6) is 6.01 Å². The lowest BCUT2D eigenvalue weighted by atomic mass is 10.7. The van der Waals surface area contributed by atoms with Crippen LogP contribution in [-0.2, 0) is 0 Å². The monoisotopic (exact) mass is 254 g/mol. The number of nitrogens with zero attached hydrogens (tertiary/aromatic N) is 8. The first-order valence-electron chi connectivity index (χ1n) is 4.91. The Kier molecular flexibility index (Phi) is 4.87. The van der Waals surface area contributed by atoms with E-state index in [0.29, 0.717) is 0 Å². The largest absolute Gasteiger partial charge is 0.463 e. The van der Waals surface area contributed by atoms with Crippen molar-refractivity contribution in [2.45, 2.75) is 0 Å². The Balaban J connectivity index is 2.85. The highest BCUT2D eigenvalue weighted by atomic mass is 16.5. The van der Waals surface area contributed by atoms with Gasteiger partial charge in [0, 0.05) is 19.0 Å². The summed E-state index contributed by atoms with van der Waals surface area (Å²) in [5.74, 6) is 11.5. The molecule has 0 saturated heterocycles. The molecule has 0 atom stereocenters. The van der Waals surface area contributed by atoms with Gasteiger partial charge in [-0.1, -0.05) is 5.11 Å². The number of hydrogen-bond donors (Lipinski definition) is 2. The lowest BCUT2D eigenvalue weighted by Crippen LogP contribution is -2.31. The minimum absolute atomic E-state index is 0.0535. The van der Waals surface area contributed by atoms with E-state index in [9.17, 15) is 0 Å². The van der Waals surface area contributed by atoms with E-state index in [2.05, 4.69) is 25.0 Å². The molecule has 1 heterocycles. The third kappa shape index (κ3) is 3.90. The Hall–Kier alpha value is -2.36. The standard InChI is InChI=1S/C7H14N10O/c1-16(9)5-12-6(17(2)10)14-7(13-5)18-4-3-11-15-8/h3-4,9-10H2,1-2H3. The van der Waals surface area contributed by atoms with Gasteiger partial charge in [-0.3, -0.25) is 10.0 Å². The molecule has 0 aliphatic heterocycles. The molecule has 0 fully saturated rings. The molecular formula is C7H14N10O. The molecule has 11 heteroatoms. The second-order valence-corrected chi connectivity index (χ2v) is 3.24. The molecule has 0 unspecified atom stereocenters. The summed E-state index contributed by atoms with van der Waals surface area (Å²) in [6.07, 6.45) is 0. The van der Waals surface area contributed by atoms with Gasteiger partial charge in [-0.2, -0.15) is 15.0 Å². The van der Waals surface area contributed by atoms with Crippen LogP contribution in [0.1, 0.15) is 0 Å². The second kappa shape index (κ2) is 6.39. The van der Waals surface area contributed by atoms with Gasteiger partial charge in [0.15, 0.2) is 0 Å². The van der Waals surface area contributed by atoms with Gasteiger partial charge in [0.25, 0.3) is 0 Å². The SMILES string of the molecule is CN(N)c1nc(OCCN=[N+]=[N-])nc(N(C)N)n1. The molecule has 18 heavy (non-hydrogen) atoms. The highest BCUT2D eigenvalue weighted by Gasteiger charge is 2.10. The number of azide groups is 1. The number of anilines is 2. The van der Waals surface area contributed by atoms with E-state index < -0.39 is 0 Å². The zero-order valence-electron chi connectivity index (χ0n) is 10.1. The predicted molar refractivity (Wildman–Crippen MR) is 64.5 cm³/mol. The molecule has 0 radical (unpaired) electrons. The second-order valence-electron chi connectivity index (χ2n) is 3.24. The van der Waals surface area contributed by atoms with Gasteiger partial charge in [-0.15, -0.1) is 0 Å². The quantitative estimate of drug-likeness (QED) is 0.166. The van der Waals surface area contributed by atoms with E-state index in [1.807, 2.05) is 0 Å². The van der Waals surface area contributed by atoms with Crippen LogP contribution in [0.4, 0.5) is 11.9 Å². The summed E-state index contributed by atoms with van der Waals surface area (Å²) in [5.41, 5.74) is 8.11. The van der Waals surface area contributed by atoms with Gasteiger partial charge >= 0.3 is 6.01 Å². The molecule has 0 amide bonds. The molecule has 4 N–H and O–H groups in total. The number of ether oxygens (including phenoxy) is 1. The van der Waals surface area contributed by atoms with Crippen molar-refractivity contribution in [2.75, 3.05) is 37.3 Å². The Morgan fingerprint density at radius 2 is 1.78 bits per heavy atom. The summed E-state index contributed by atoms with van der Waals surface area (Å²) < 4.78 is 5.20. The van der Waals surface area contributed by atoms with Crippen LogP contribution in [0.15, 0.2) is 5.11 Å². The van der Waals surface area contributed by atoms with Crippen LogP contribution >= 0.6 is 0 Å². The maximum atomic E-state index is 8.11. The molecular weight excluding hydrogens is 240 g/mol. The van der Waals surface area contributed by atoms with Crippen LogP contribution in [0, 0.1) is 0 Å². The molecule has 0 aliphatic rings. The lowest BCUT2D eigenvalue weighted by Gasteiger charge is -2.15. The molecule has 1 aromatic rings. The van der Waals surface area contributed by atoms with E-state index in [1.54, 1.807) is 14.1 Å². The molecule has 1 aromatic heterocycles. The van der Waals surface area contributed by atoms with E-state index >= 15 is 0 Å². The summed E-state index contributed by atoms with van der Waals surface area (Å²) >= 11 is 0. The van der Waals surface area contributed by atoms with E-state index in [4.69, 9.17) is 22.0 Å². The fourth-order valence-corrected chi connectivity index (χ4v) is 0.938. The average Bonchev–Trinajstić information content (AvgIpc) is 2.34. The number of nitrogens with two attached hydrogens (primary N) is 2. The van der Waals surface area contributed by atoms with E-state index in [0.717, 1.165) is 0 Å². The van der Waals surface area contributed by atoms with Gasteiger partial charge in [-0.25, -0.2) is 11.7 Å². The lowest BCUT2D eigenvalue weighted by molar-refractivity contribution is 0.301. The van der Waals surface area contributed by atoms with Gasteiger partial charge in [0.1, 0.15) is 0 Å². The maximum absolute atomic E-state index is 8.11. The van der Waals surface area contributed by atoms with Crippen molar-refractivity contribution >= 4 is 11.9 Å². The fourth-order valence-electron chi connectivity index (χ4n) is 0.938. The normalized spacial score (nSPS) is 9.56. The third-order valence-electron chi connectivity index (χ3n) is 1.71. The molecule has 0 saturated carbocycles. The summed E-state index contributed by atoms with van der Waals surface area (Å²) in [6.45, 7) is 0.319. The van der Waals surface area contributed by atoms with Crippen LogP contribution in [0.3, 0.4) is 0 Å². The minimum Gasteiger partial charge on any atom is -0.463 e. The van der Waals surface area contributed by atoms with Crippen molar-refractivity contribution in [3.63, 3.8) is 0 Å². The first-order chi connectivity index (χ1) is 8.54. The zero-order chi connectivity index (χ0) is 13.5. The Morgan fingerprint density at radius 3 is 2.22 bits per heavy atom. The summed E-state index contributed by atoms with van der Waals surface area (Å²) in [7, 11) is 3.14. The van der Waals surface area contributed by atoms with Crippen molar-refractivity contribution < 1.29 is 4.74 Å². The third-order valence-corrected chi connectivity index (χ3v) is 1.71. The van der Waals surface area contributed by atoms with Crippen molar-refractivity contribution in [3.05, 3.63) is 10.4 Å². The molecule has 0 aliphatic carbocycles. The van der Waals surface area contributed by atoms with Crippen LogP contribution < -0.4 is 26.4 Å². The molecule has 1 rings (SSSR count). The Bertz CT molecular complexity index is 414. The number of rotatable bonds is 6. The van der Waals surface area contributed by atoms with E-state index in [-0.39, 0.29) is 31.1 Å². The maximum Gasteiger partial charge on any atom is 0.323 e. The average molecular weight is 254 g/mol. The molecule has 11 nitrogen and oxygen atoms in total. The smallest absolute Gasteiger partial charge is 0.323 e.